The number of primary amides is 1. The predicted octanol–water partition coefficient (Wildman–Crippen LogP) is 1.86. The van der Waals surface area contributed by atoms with E-state index in [1.165, 1.54) is 6.20 Å². The Morgan fingerprint density at radius 1 is 1.30 bits per heavy atom. The number of carbonyl (C=O) groups is 2. The summed E-state index contributed by atoms with van der Waals surface area (Å²) in [7, 11) is 0. The van der Waals surface area contributed by atoms with Crippen LogP contribution in [-0.4, -0.2) is 39.6 Å². The molecule has 7 heteroatoms. The van der Waals surface area contributed by atoms with Crippen LogP contribution in [0.15, 0.2) is 36.7 Å². The molecule has 1 fully saturated rings. The summed E-state index contributed by atoms with van der Waals surface area (Å²) in [6.07, 6.45) is 4.67. The van der Waals surface area contributed by atoms with E-state index >= 15 is 0 Å². The third kappa shape index (κ3) is 3.22. The average Bonchev–Trinajstić information content (AvgIpc) is 3.04. The van der Waals surface area contributed by atoms with Gasteiger partial charge in [0.15, 0.2) is 0 Å². The van der Waals surface area contributed by atoms with Gasteiger partial charge < -0.3 is 10.6 Å². The van der Waals surface area contributed by atoms with Gasteiger partial charge in [-0.25, -0.2) is 4.68 Å². The van der Waals surface area contributed by atoms with E-state index in [0.717, 1.165) is 12.8 Å². The number of nitrogens with two attached hydrogens (primary N) is 1. The molecule has 1 aliphatic heterocycles. The molecule has 23 heavy (non-hydrogen) atoms. The van der Waals surface area contributed by atoms with Crippen LogP contribution in [0.2, 0.25) is 5.02 Å². The topological polar surface area (TPSA) is 81.2 Å². The first-order chi connectivity index (χ1) is 11.1. The highest BCUT2D eigenvalue weighted by molar-refractivity contribution is 6.32. The van der Waals surface area contributed by atoms with E-state index in [0.29, 0.717) is 29.4 Å². The fourth-order valence-corrected chi connectivity index (χ4v) is 3.00. The van der Waals surface area contributed by atoms with Gasteiger partial charge in [0.1, 0.15) is 0 Å². The molecule has 3 rings (SSSR count). The van der Waals surface area contributed by atoms with Gasteiger partial charge in [0.05, 0.1) is 28.4 Å². The Bertz CT molecular complexity index is 743. The second-order valence-corrected chi connectivity index (χ2v) is 6.02. The summed E-state index contributed by atoms with van der Waals surface area (Å²) >= 11 is 6.14. The first kappa shape index (κ1) is 15.6. The number of likely N-dealkylation sites (tertiary alicyclic amines) is 1. The van der Waals surface area contributed by atoms with E-state index in [1.807, 2.05) is 18.2 Å². The molecule has 0 bridgehead atoms. The minimum atomic E-state index is -0.353. The quantitative estimate of drug-likeness (QED) is 0.931. The van der Waals surface area contributed by atoms with Crippen LogP contribution < -0.4 is 5.73 Å². The zero-order chi connectivity index (χ0) is 16.4. The van der Waals surface area contributed by atoms with Gasteiger partial charge in [-0.2, -0.15) is 5.10 Å². The van der Waals surface area contributed by atoms with Crippen molar-refractivity contribution >= 4 is 23.4 Å². The molecule has 1 aromatic carbocycles. The van der Waals surface area contributed by atoms with Gasteiger partial charge in [-0.1, -0.05) is 23.7 Å². The van der Waals surface area contributed by atoms with E-state index < -0.39 is 0 Å². The second-order valence-electron chi connectivity index (χ2n) is 5.62. The van der Waals surface area contributed by atoms with Crippen LogP contribution in [0, 0.1) is 5.92 Å². The summed E-state index contributed by atoms with van der Waals surface area (Å²) in [5.74, 6) is -0.769. The molecule has 0 saturated carbocycles. The van der Waals surface area contributed by atoms with Gasteiger partial charge in [0.2, 0.25) is 5.91 Å². The Morgan fingerprint density at radius 3 is 2.83 bits per heavy atom. The molecule has 0 radical (unpaired) electrons. The summed E-state index contributed by atoms with van der Waals surface area (Å²) in [6, 6.07) is 7.28. The van der Waals surface area contributed by atoms with Crippen LogP contribution in [0.3, 0.4) is 0 Å². The van der Waals surface area contributed by atoms with Crippen LogP contribution in [0.4, 0.5) is 0 Å². The van der Waals surface area contributed by atoms with Crippen molar-refractivity contribution in [1.29, 1.82) is 0 Å². The number of hydrogen-bond donors (Lipinski definition) is 1. The SMILES string of the molecule is NC(=O)[C@H]1CCCN(C(=O)c2cnn(-c3ccccc3Cl)c2)C1. The Labute approximate surface area is 138 Å². The zero-order valence-electron chi connectivity index (χ0n) is 12.5. The number of nitrogens with zero attached hydrogens (tertiary/aromatic N) is 3. The Balaban J connectivity index is 1.79. The maximum Gasteiger partial charge on any atom is 0.257 e. The molecule has 0 unspecified atom stereocenters. The standard InChI is InChI=1S/C16H17ClN4O2/c17-13-5-1-2-6-14(13)21-10-12(8-19-21)16(23)20-7-3-4-11(9-20)15(18)22/h1-2,5-6,8,10-11H,3-4,7,9H2,(H2,18,22)/t11-/m0/s1. The van der Waals surface area contributed by atoms with E-state index in [4.69, 9.17) is 17.3 Å². The maximum atomic E-state index is 12.6. The molecule has 1 atom stereocenters. The highest BCUT2D eigenvalue weighted by Crippen LogP contribution is 2.21. The van der Waals surface area contributed by atoms with Crippen LogP contribution in [0.1, 0.15) is 23.2 Å². The Kier molecular flexibility index (Phi) is 4.34. The molecule has 6 nitrogen and oxygen atoms in total. The first-order valence-electron chi connectivity index (χ1n) is 7.44. The van der Waals surface area contributed by atoms with Crippen molar-refractivity contribution in [2.24, 2.45) is 11.7 Å². The molecule has 0 aliphatic carbocycles. The molecule has 2 heterocycles. The average molecular weight is 333 g/mol. The van der Waals surface area contributed by atoms with E-state index in [2.05, 4.69) is 5.10 Å². The van der Waals surface area contributed by atoms with E-state index in [1.54, 1.807) is 21.8 Å². The van der Waals surface area contributed by atoms with Crippen molar-refractivity contribution in [3.05, 3.63) is 47.2 Å². The molecule has 2 N–H and O–H groups in total. The van der Waals surface area contributed by atoms with E-state index in [-0.39, 0.29) is 17.7 Å². The lowest BCUT2D eigenvalue weighted by molar-refractivity contribution is -0.123. The highest BCUT2D eigenvalue weighted by atomic mass is 35.5. The minimum Gasteiger partial charge on any atom is -0.369 e. The monoisotopic (exact) mass is 332 g/mol. The molecule has 120 valence electrons. The summed E-state index contributed by atoms with van der Waals surface area (Å²) in [4.78, 5) is 25.6. The number of aromatic nitrogens is 2. The van der Waals surface area contributed by atoms with Crippen molar-refractivity contribution in [1.82, 2.24) is 14.7 Å². The fraction of sp³-hybridized carbons (Fsp3) is 0.312. The highest BCUT2D eigenvalue weighted by Gasteiger charge is 2.28. The summed E-state index contributed by atoms with van der Waals surface area (Å²) in [6.45, 7) is 0.991. The van der Waals surface area contributed by atoms with Crippen molar-refractivity contribution in [3.63, 3.8) is 0 Å². The van der Waals surface area contributed by atoms with Crippen LogP contribution in [-0.2, 0) is 4.79 Å². The third-order valence-corrected chi connectivity index (χ3v) is 4.36. The molecule has 1 saturated heterocycles. The second kappa shape index (κ2) is 6.42. The lowest BCUT2D eigenvalue weighted by Gasteiger charge is -2.30. The summed E-state index contributed by atoms with van der Waals surface area (Å²) in [5.41, 5.74) is 6.53. The van der Waals surface area contributed by atoms with E-state index in [9.17, 15) is 9.59 Å². The van der Waals surface area contributed by atoms with Crippen molar-refractivity contribution in [2.75, 3.05) is 13.1 Å². The number of hydrogen-bond acceptors (Lipinski definition) is 3. The number of benzene rings is 1. The molecule has 0 spiro atoms. The van der Waals surface area contributed by atoms with Crippen molar-refractivity contribution in [3.8, 4) is 5.69 Å². The number of para-hydroxylation sites is 1. The molecular weight excluding hydrogens is 316 g/mol. The number of carbonyl (C=O) groups excluding carboxylic acids is 2. The number of halogens is 1. The molecule has 1 aromatic heterocycles. The van der Waals surface area contributed by atoms with Crippen molar-refractivity contribution < 1.29 is 9.59 Å². The molecule has 2 aromatic rings. The first-order valence-corrected chi connectivity index (χ1v) is 7.82. The normalized spacial score (nSPS) is 18.0. The number of piperidine rings is 1. The predicted molar refractivity (Wildman–Crippen MR) is 86.4 cm³/mol. The molecule has 1 aliphatic rings. The fourth-order valence-electron chi connectivity index (χ4n) is 2.78. The Hall–Kier alpha value is -2.34. The summed E-state index contributed by atoms with van der Waals surface area (Å²) < 4.78 is 1.57. The van der Waals surface area contributed by atoms with Gasteiger partial charge >= 0.3 is 0 Å². The molecular formula is C16H17ClN4O2. The third-order valence-electron chi connectivity index (χ3n) is 4.04. The smallest absolute Gasteiger partial charge is 0.257 e. The minimum absolute atomic E-state index is 0.144. The van der Waals surface area contributed by atoms with Gasteiger partial charge in [-0.15, -0.1) is 0 Å². The lowest BCUT2D eigenvalue weighted by atomic mass is 9.97. The zero-order valence-corrected chi connectivity index (χ0v) is 13.2. The Morgan fingerprint density at radius 2 is 2.09 bits per heavy atom. The van der Waals surface area contributed by atoms with Gasteiger partial charge in [-0.3, -0.25) is 9.59 Å². The van der Waals surface area contributed by atoms with Gasteiger partial charge in [-0.05, 0) is 25.0 Å². The van der Waals surface area contributed by atoms with Crippen LogP contribution in [0.25, 0.3) is 5.69 Å². The van der Waals surface area contributed by atoms with Crippen LogP contribution in [0.5, 0.6) is 0 Å². The maximum absolute atomic E-state index is 12.6. The molecule has 2 amide bonds. The number of rotatable bonds is 3. The van der Waals surface area contributed by atoms with Crippen LogP contribution >= 0.6 is 11.6 Å². The number of amides is 2. The lowest BCUT2D eigenvalue weighted by Crippen LogP contribution is -2.44. The summed E-state index contributed by atoms with van der Waals surface area (Å²) in [5, 5.41) is 4.77. The van der Waals surface area contributed by atoms with Gasteiger partial charge in [0.25, 0.3) is 5.91 Å². The van der Waals surface area contributed by atoms with Gasteiger partial charge in [0, 0.05) is 19.3 Å². The van der Waals surface area contributed by atoms with Crippen molar-refractivity contribution in [2.45, 2.75) is 12.8 Å². The largest absolute Gasteiger partial charge is 0.369 e.